The van der Waals surface area contributed by atoms with E-state index < -0.39 is 0 Å². The predicted molar refractivity (Wildman–Crippen MR) is 69.3 cm³/mol. The van der Waals surface area contributed by atoms with E-state index in [9.17, 15) is 4.79 Å². The van der Waals surface area contributed by atoms with Gasteiger partial charge in [-0.1, -0.05) is 25.6 Å². The summed E-state index contributed by atoms with van der Waals surface area (Å²) in [5.74, 6) is -0.199. The maximum atomic E-state index is 11.8. The maximum Gasteiger partial charge on any atom is 0.323 e. The van der Waals surface area contributed by atoms with Crippen molar-refractivity contribution in [1.29, 1.82) is 0 Å². The zero-order chi connectivity index (χ0) is 12.7. The summed E-state index contributed by atoms with van der Waals surface area (Å²) in [7, 11) is 1.85. The molecule has 0 radical (unpaired) electrons. The van der Waals surface area contributed by atoms with Gasteiger partial charge in [0, 0.05) is 0 Å². The smallest absolute Gasteiger partial charge is 0.323 e. The molecule has 0 aliphatic rings. The number of hydrogen-bond acceptors (Lipinski definition) is 4. The zero-order valence-electron chi connectivity index (χ0n) is 10.5. The van der Waals surface area contributed by atoms with Crippen LogP contribution in [0.25, 0.3) is 0 Å². The fraction of sp³-hybridized carbons (Fsp3) is 0.818. The number of likely N-dealkylation sites (N-methyl/N-ethyl adjacent to an activating group) is 1. The molecule has 5 heteroatoms. The molecule has 0 amide bonds. The molecule has 0 aromatic heterocycles. The largest absolute Gasteiger partial charge is 0.465 e. The summed E-state index contributed by atoms with van der Waals surface area (Å²) in [5.41, 5.74) is 5.58. The number of ether oxygens (including phenoxy) is 1. The molecule has 0 fully saturated rings. The molecule has 0 aliphatic heterocycles. The summed E-state index contributed by atoms with van der Waals surface area (Å²) in [6.45, 7) is 6.13. The number of nitrogens with zero attached hydrogens (tertiary/aromatic N) is 1. The van der Waals surface area contributed by atoms with E-state index in [-0.39, 0.29) is 18.1 Å². The molecular weight excluding hydrogens is 224 g/mol. The minimum atomic E-state index is -0.263. The SMILES string of the molecule is CCCC(C(=O)OCC)N(C)C(C)C(N)=S. The molecule has 0 bridgehead atoms. The lowest BCUT2D eigenvalue weighted by atomic mass is 10.1. The van der Waals surface area contributed by atoms with Gasteiger partial charge in [-0.15, -0.1) is 0 Å². The van der Waals surface area contributed by atoms with Crippen LogP contribution >= 0.6 is 12.2 Å². The number of thiocarbonyl (C=S) groups is 1. The third kappa shape index (κ3) is 4.45. The van der Waals surface area contributed by atoms with E-state index in [0.717, 1.165) is 12.8 Å². The Balaban J connectivity index is 4.62. The van der Waals surface area contributed by atoms with Crippen LogP contribution in [-0.2, 0) is 9.53 Å². The van der Waals surface area contributed by atoms with Crippen LogP contribution in [0.2, 0.25) is 0 Å². The Labute approximate surface area is 103 Å². The lowest BCUT2D eigenvalue weighted by Gasteiger charge is -2.30. The van der Waals surface area contributed by atoms with E-state index in [1.165, 1.54) is 0 Å². The summed E-state index contributed by atoms with van der Waals surface area (Å²) in [6, 6.07) is -0.364. The van der Waals surface area contributed by atoms with Gasteiger partial charge in [-0.05, 0) is 27.3 Å². The van der Waals surface area contributed by atoms with Gasteiger partial charge in [0.25, 0.3) is 0 Å². The molecule has 0 aromatic carbocycles. The van der Waals surface area contributed by atoms with Crippen molar-refractivity contribution < 1.29 is 9.53 Å². The lowest BCUT2D eigenvalue weighted by molar-refractivity contribution is -0.149. The first-order chi connectivity index (χ1) is 7.45. The maximum absolute atomic E-state index is 11.8. The van der Waals surface area contributed by atoms with E-state index in [1.54, 1.807) is 6.92 Å². The molecule has 0 rings (SSSR count). The van der Waals surface area contributed by atoms with E-state index in [1.807, 2.05) is 25.8 Å². The Hall–Kier alpha value is -0.680. The minimum absolute atomic E-state index is 0.101. The molecule has 2 atom stereocenters. The van der Waals surface area contributed by atoms with Gasteiger partial charge in [0.1, 0.15) is 6.04 Å². The van der Waals surface area contributed by atoms with E-state index in [2.05, 4.69) is 0 Å². The molecule has 0 aromatic rings. The average Bonchev–Trinajstić information content (AvgIpc) is 2.24. The van der Waals surface area contributed by atoms with Crippen molar-refractivity contribution in [3.63, 3.8) is 0 Å². The number of rotatable bonds is 7. The van der Waals surface area contributed by atoms with Crippen molar-refractivity contribution in [2.75, 3.05) is 13.7 Å². The molecule has 0 spiro atoms. The highest BCUT2D eigenvalue weighted by atomic mass is 32.1. The Morgan fingerprint density at radius 2 is 2.06 bits per heavy atom. The molecule has 0 saturated carbocycles. The normalized spacial score (nSPS) is 14.6. The zero-order valence-corrected chi connectivity index (χ0v) is 11.3. The first-order valence-corrected chi connectivity index (χ1v) is 6.04. The molecule has 2 N–H and O–H groups in total. The van der Waals surface area contributed by atoms with Gasteiger partial charge in [-0.2, -0.15) is 0 Å². The number of esters is 1. The molecule has 0 heterocycles. The molecule has 0 saturated heterocycles. The van der Waals surface area contributed by atoms with Crippen molar-refractivity contribution in [2.24, 2.45) is 5.73 Å². The lowest BCUT2D eigenvalue weighted by Crippen LogP contribution is -2.49. The standard InChI is InChI=1S/C11H22N2O2S/c1-5-7-9(11(14)15-6-2)13(4)8(3)10(12)16/h8-9H,5-7H2,1-4H3,(H2,12,16). The van der Waals surface area contributed by atoms with Crippen LogP contribution < -0.4 is 5.73 Å². The summed E-state index contributed by atoms with van der Waals surface area (Å²) < 4.78 is 5.04. The van der Waals surface area contributed by atoms with Crippen LogP contribution in [0.4, 0.5) is 0 Å². The predicted octanol–water partition coefficient (Wildman–Crippen LogP) is 1.32. The van der Waals surface area contributed by atoms with Crippen molar-refractivity contribution in [2.45, 2.75) is 45.7 Å². The van der Waals surface area contributed by atoms with Gasteiger partial charge in [0.05, 0.1) is 17.6 Å². The van der Waals surface area contributed by atoms with Crippen molar-refractivity contribution in [3.05, 3.63) is 0 Å². The monoisotopic (exact) mass is 246 g/mol. The van der Waals surface area contributed by atoms with Crippen LogP contribution in [0.1, 0.15) is 33.6 Å². The van der Waals surface area contributed by atoms with Gasteiger partial charge in [-0.25, -0.2) is 0 Å². The third-order valence-corrected chi connectivity index (χ3v) is 2.98. The van der Waals surface area contributed by atoms with Crippen molar-refractivity contribution >= 4 is 23.2 Å². The molecule has 0 aliphatic carbocycles. The Bertz CT molecular complexity index is 246. The van der Waals surface area contributed by atoms with Gasteiger partial charge in [0.2, 0.25) is 0 Å². The number of hydrogen-bond donors (Lipinski definition) is 1. The molecule has 94 valence electrons. The highest BCUT2D eigenvalue weighted by Gasteiger charge is 2.27. The van der Waals surface area contributed by atoms with Crippen LogP contribution in [0.5, 0.6) is 0 Å². The van der Waals surface area contributed by atoms with Crippen LogP contribution in [0.3, 0.4) is 0 Å². The number of nitrogens with two attached hydrogens (primary N) is 1. The van der Waals surface area contributed by atoms with E-state index in [0.29, 0.717) is 11.6 Å². The second-order valence-electron chi connectivity index (χ2n) is 3.80. The topological polar surface area (TPSA) is 55.6 Å². The second kappa shape index (κ2) is 7.57. The Kier molecular flexibility index (Phi) is 7.25. The molecule has 16 heavy (non-hydrogen) atoms. The fourth-order valence-electron chi connectivity index (χ4n) is 1.47. The first kappa shape index (κ1) is 15.3. The number of carbonyl (C=O) groups is 1. The molecular formula is C11H22N2O2S. The number of carbonyl (C=O) groups excluding carboxylic acids is 1. The van der Waals surface area contributed by atoms with Gasteiger partial charge < -0.3 is 10.5 Å². The van der Waals surface area contributed by atoms with Crippen molar-refractivity contribution in [1.82, 2.24) is 4.90 Å². The van der Waals surface area contributed by atoms with Gasteiger partial charge in [0.15, 0.2) is 0 Å². The Morgan fingerprint density at radius 1 is 1.50 bits per heavy atom. The third-order valence-electron chi connectivity index (χ3n) is 2.64. The highest BCUT2D eigenvalue weighted by molar-refractivity contribution is 7.80. The van der Waals surface area contributed by atoms with E-state index >= 15 is 0 Å². The quantitative estimate of drug-likeness (QED) is 0.542. The Morgan fingerprint density at radius 3 is 2.44 bits per heavy atom. The van der Waals surface area contributed by atoms with Crippen LogP contribution in [0, 0.1) is 0 Å². The summed E-state index contributed by atoms with van der Waals surface area (Å²) in [5, 5.41) is 0. The molecule has 2 unspecified atom stereocenters. The van der Waals surface area contributed by atoms with Crippen LogP contribution in [-0.4, -0.2) is 41.6 Å². The second-order valence-corrected chi connectivity index (χ2v) is 4.27. The van der Waals surface area contributed by atoms with Gasteiger partial charge in [-0.3, -0.25) is 9.69 Å². The van der Waals surface area contributed by atoms with Crippen LogP contribution in [0.15, 0.2) is 0 Å². The summed E-state index contributed by atoms with van der Waals surface area (Å²) in [6.07, 6.45) is 1.67. The van der Waals surface area contributed by atoms with Gasteiger partial charge >= 0.3 is 5.97 Å². The average molecular weight is 246 g/mol. The van der Waals surface area contributed by atoms with E-state index in [4.69, 9.17) is 22.7 Å². The molecule has 4 nitrogen and oxygen atoms in total. The summed E-state index contributed by atoms with van der Waals surface area (Å²) in [4.78, 5) is 14.0. The fourth-order valence-corrected chi connectivity index (χ4v) is 1.64. The summed E-state index contributed by atoms with van der Waals surface area (Å²) >= 11 is 4.93. The highest BCUT2D eigenvalue weighted by Crippen LogP contribution is 2.11. The first-order valence-electron chi connectivity index (χ1n) is 5.63. The van der Waals surface area contributed by atoms with Crippen molar-refractivity contribution in [3.8, 4) is 0 Å². The minimum Gasteiger partial charge on any atom is -0.465 e.